The van der Waals surface area contributed by atoms with Crippen LogP contribution in [0.25, 0.3) is 0 Å². The van der Waals surface area contributed by atoms with Crippen molar-refractivity contribution in [3.05, 3.63) is 42.0 Å². The lowest BCUT2D eigenvalue weighted by atomic mass is 10.1. The normalized spacial score (nSPS) is 13.9. The van der Waals surface area contributed by atoms with Crippen LogP contribution in [0.2, 0.25) is 0 Å². The Balaban J connectivity index is 1.60. The van der Waals surface area contributed by atoms with Gasteiger partial charge < -0.3 is 20.1 Å². The van der Waals surface area contributed by atoms with E-state index in [0.717, 1.165) is 11.3 Å². The van der Waals surface area contributed by atoms with E-state index in [0.29, 0.717) is 36.8 Å². The molecule has 0 spiro atoms. The molecule has 0 fully saturated rings. The minimum atomic E-state index is -0.272. The molecule has 0 saturated carbocycles. The first-order valence-electron chi connectivity index (χ1n) is 7.84. The number of aryl methyl sites for hydroxylation is 1. The molecular formula is C17H20N4O3. The van der Waals surface area contributed by atoms with Crippen molar-refractivity contribution in [2.24, 2.45) is 0 Å². The van der Waals surface area contributed by atoms with Gasteiger partial charge in [-0.15, -0.1) is 0 Å². The predicted molar refractivity (Wildman–Crippen MR) is 89.5 cm³/mol. The van der Waals surface area contributed by atoms with Gasteiger partial charge in [0.25, 0.3) is 0 Å². The van der Waals surface area contributed by atoms with Gasteiger partial charge in [0.15, 0.2) is 11.5 Å². The highest BCUT2D eigenvalue weighted by Gasteiger charge is 2.16. The minimum absolute atomic E-state index is 0.0702. The van der Waals surface area contributed by atoms with Crippen LogP contribution in [0, 0.1) is 6.92 Å². The van der Waals surface area contributed by atoms with Crippen molar-refractivity contribution < 1.29 is 14.3 Å². The fourth-order valence-electron chi connectivity index (χ4n) is 2.51. The average Bonchev–Trinajstić information content (AvgIpc) is 2.56. The van der Waals surface area contributed by atoms with Gasteiger partial charge in [0.2, 0.25) is 0 Å². The van der Waals surface area contributed by atoms with Crippen molar-refractivity contribution in [3.63, 3.8) is 0 Å². The predicted octanol–water partition coefficient (Wildman–Crippen LogP) is 2.31. The molecule has 3 rings (SSSR count). The summed E-state index contributed by atoms with van der Waals surface area (Å²) in [6.07, 6.45) is 5.57. The van der Waals surface area contributed by atoms with Crippen molar-refractivity contribution in [1.29, 1.82) is 0 Å². The van der Waals surface area contributed by atoms with E-state index in [1.807, 2.05) is 19.9 Å². The molecule has 7 nitrogen and oxygen atoms in total. The number of anilines is 1. The summed E-state index contributed by atoms with van der Waals surface area (Å²) in [5, 5.41) is 5.75. The highest BCUT2D eigenvalue weighted by atomic mass is 16.6. The number of carbonyl (C=O) groups is 1. The molecule has 7 heteroatoms. The van der Waals surface area contributed by atoms with Gasteiger partial charge in [-0.3, -0.25) is 9.97 Å². The summed E-state index contributed by atoms with van der Waals surface area (Å²) in [5.74, 6) is 1.36. The number of hydrogen-bond acceptors (Lipinski definition) is 5. The van der Waals surface area contributed by atoms with Gasteiger partial charge in [0, 0.05) is 42.8 Å². The molecular weight excluding hydrogens is 308 g/mol. The van der Waals surface area contributed by atoms with Crippen molar-refractivity contribution in [1.82, 2.24) is 15.3 Å². The highest BCUT2D eigenvalue weighted by Crippen LogP contribution is 2.35. The van der Waals surface area contributed by atoms with E-state index in [1.165, 1.54) is 0 Å². The fourth-order valence-corrected chi connectivity index (χ4v) is 2.51. The van der Waals surface area contributed by atoms with Gasteiger partial charge in [-0.25, -0.2) is 4.79 Å². The van der Waals surface area contributed by atoms with Crippen LogP contribution in [0.5, 0.6) is 11.5 Å². The zero-order chi connectivity index (χ0) is 16.9. The van der Waals surface area contributed by atoms with Gasteiger partial charge in [-0.05, 0) is 25.5 Å². The van der Waals surface area contributed by atoms with Crippen LogP contribution < -0.4 is 20.1 Å². The van der Waals surface area contributed by atoms with Gasteiger partial charge in [-0.1, -0.05) is 0 Å². The van der Waals surface area contributed by atoms with Crippen molar-refractivity contribution in [2.45, 2.75) is 26.3 Å². The lowest BCUT2D eigenvalue weighted by molar-refractivity contribution is 0.171. The molecule has 1 atom stereocenters. The number of hydrogen-bond donors (Lipinski definition) is 2. The number of aromatic nitrogens is 2. The molecule has 0 bridgehead atoms. The molecule has 2 heterocycles. The molecule has 2 N–H and O–H groups in total. The molecule has 24 heavy (non-hydrogen) atoms. The van der Waals surface area contributed by atoms with Gasteiger partial charge in [0.1, 0.15) is 13.2 Å². The molecule has 0 saturated heterocycles. The van der Waals surface area contributed by atoms with Gasteiger partial charge in [0.05, 0.1) is 5.69 Å². The quantitative estimate of drug-likeness (QED) is 0.899. The van der Waals surface area contributed by atoms with Crippen molar-refractivity contribution in [2.75, 3.05) is 18.5 Å². The van der Waals surface area contributed by atoms with Crippen LogP contribution >= 0.6 is 0 Å². The molecule has 2 aromatic rings. The Kier molecular flexibility index (Phi) is 4.79. The third kappa shape index (κ3) is 3.92. The fraction of sp³-hybridized carbons (Fsp3) is 0.353. The van der Waals surface area contributed by atoms with E-state index in [4.69, 9.17) is 9.47 Å². The molecule has 0 aliphatic carbocycles. The Morgan fingerprint density at radius 1 is 1.25 bits per heavy atom. The monoisotopic (exact) mass is 328 g/mol. The molecule has 1 aromatic carbocycles. The second-order valence-electron chi connectivity index (χ2n) is 5.71. The second-order valence-corrected chi connectivity index (χ2v) is 5.71. The molecule has 126 valence electrons. The molecule has 1 aromatic heterocycles. The van der Waals surface area contributed by atoms with Crippen molar-refractivity contribution in [3.8, 4) is 11.5 Å². The Bertz CT molecular complexity index is 721. The van der Waals surface area contributed by atoms with Gasteiger partial charge in [-0.2, -0.15) is 0 Å². The maximum Gasteiger partial charge on any atom is 0.319 e. The standard InChI is InChI=1S/C17H20N4O3/c1-11-7-15-16(24-6-5-23-15)9-14(11)21-17(22)20-12(2)8-13-10-18-3-4-19-13/h3-4,7,9-10,12H,5-6,8H2,1-2H3,(H2,20,21,22). The number of amides is 2. The maximum absolute atomic E-state index is 12.2. The summed E-state index contributed by atoms with van der Waals surface area (Å²) < 4.78 is 11.1. The summed E-state index contributed by atoms with van der Waals surface area (Å²) in [5.41, 5.74) is 2.44. The summed E-state index contributed by atoms with van der Waals surface area (Å²) in [7, 11) is 0. The van der Waals surface area contributed by atoms with E-state index >= 15 is 0 Å². The number of rotatable bonds is 4. The van der Waals surface area contributed by atoms with Crippen LogP contribution in [0.15, 0.2) is 30.7 Å². The lowest BCUT2D eigenvalue weighted by Crippen LogP contribution is -2.37. The number of urea groups is 1. The number of fused-ring (bicyclic) bond motifs is 1. The zero-order valence-electron chi connectivity index (χ0n) is 13.7. The smallest absolute Gasteiger partial charge is 0.319 e. The van der Waals surface area contributed by atoms with Crippen LogP contribution in [0.3, 0.4) is 0 Å². The first-order chi connectivity index (χ1) is 11.6. The zero-order valence-corrected chi connectivity index (χ0v) is 13.7. The number of carbonyl (C=O) groups excluding carboxylic acids is 1. The van der Waals surface area contributed by atoms with E-state index in [1.54, 1.807) is 24.7 Å². The third-order valence-corrected chi connectivity index (χ3v) is 3.65. The molecule has 1 aliphatic rings. The highest BCUT2D eigenvalue weighted by molar-refractivity contribution is 5.90. The summed E-state index contributed by atoms with van der Waals surface area (Å²) >= 11 is 0. The number of nitrogens with one attached hydrogen (secondary N) is 2. The van der Waals surface area contributed by atoms with Gasteiger partial charge >= 0.3 is 6.03 Å². The molecule has 2 amide bonds. The van der Waals surface area contributed by atoms with Crippen LogP contribution in [0.1, 0.15) is 18.2 Å². The Morgan fingerprint density at radius 3 is 2.71 bits per heavy atom. The average molecular weight is 328 g/mol. The first kappa shape index (κ1) is 16.0. The minimum Gasteiger partial charge on any atom is -0.486 e. The summed E-state index contributed by atoms with van der Waals surface area (Å²) in [6, 6.07) is 3.31. The van der Waals surface area contributed by atoms with Crippen LogP contribution in [-0.4, -0.2) is 35.3 Å². The van der Waals surface area contributed by atoms with E-state index < -0.39 is 0 Å². The summed E-state index contributed by atoms with van der Waals surface area (Å²) in [6.45, 7) is 4.89. The van der Waals surface area contributed by atoms with E-state index in [-0.39, 0.29) is 12.1 Å². The Morgan fingerprint density at radius 2 is 2.00 bits per heavy atom. The first-order valence-corrected chi connectivity index (χ1v) is 7.84. The van der Waals surface area contributed by atoms with Crippen molar-refractivity contribution >= 4 is 11.7 Å². The number of nitrogens with zero attached hydrogens (tertiary/aromatic N) is 2. The largest absolute Gasteiger partial charge is 0.486 e. The Hall–Kier alpha value is -2.83. The van der Waals surface area contributed by atoms with E-state index in [2.05, 4.69) is 20.6 Å². The number of benzene rings is 1. The molecule has 1 aliphatic heterocycles. The molecule has 0 radical (unpaired) electrons. The van der Waals surface area contributed by atoms with Crippen LogP contribution in [-0.2, 0) is 6.42 Å². The van der Waals surface area contributed by atoms with Crippen LogP contribution in [0.4, 0.5) is 10.5 Å². The maximum atomic E-state index is 12.2. The summed E-state index contributed by atoms with van der Waals surface area (Å²) in [4.78, 5) is 20.4. The Labute approximate surface area is 140 Å². The topological polar surface area (TPSA) is 85.4 Å². The third-order valence-electron chi connectivity index (χ3n) is 3.65. The molecule has 1 unspecified atom stereocenters. The van der Waals surface area contributed by atoms with E-state index in [9.17, 15) is 4.79 Å². The second kappa shape index (κ2) is 7.16. The number of ether oxygens (including phenoxy) is 2. The SMILES string of the molecule is Cc1cc2c(cc1NC(=O)NC(C)Cc1cnccn1)OCCO2. The lowest BCUT2D eigenvalue weighted by Gasteiger charge is -2.21.